The Bertz CT molecular complexity index is 1670. The van der Waals surface area contributed by atoms with Gasteiger partial charge in [-0.2, -0.15) is 31.1 Å². The molecular formula is C32H37F6N7O6. The van der Waals surface area contributed by atoms with Gasteiger partial charge in [0, 0.05) is 24.4 Å². The summed E-state index contributed by atoms with van der Waals surface area (Å²) in [6.07, 6.45) is -4.96. The van der Waals surface area contributed by atoms with Gasteiger partial charge in [0.25, 0.3) is 0 Å². The number of halogens is 6. The molecule has 1 saturated heterocycles. The van der Waals surface area contributed by atoms with Gasteiger partial charge in [0.2, 0.25) is 17.6 Å². The molecule has 13 nitrogen and oxygen atoms in total. The van der Waals surface area contributed by atoms with Crippen molar-refractivity contribution >= 4 is 23.9 Å². The number of amides is 3. The average molecular weight is 730 g/mol. The van der Waals surface area contributed by atoms with Crippen molar-refractivity contribution in [2.75, 3.05) is 6.54 Å². The molecule has 5 atom stereocenters. The number of carboxylic acid groups (broad SMARTS) is 1. The van der Waals surface area contributed by atoms with Crippen LogP contribution in [-0.4, -0.2) is 83.9 Å². The second kappa shape index (κ2) is 13.8. The van der Waals surface area contributed by atoms with E-state index in [1.807, 2.05) is 6.08 Å². The standard InChI is InChI=1S/C32H37F6N7O6/c1-29(2,3)51-28(50)39-22-10-8-6-4-5-7-9-18-15-30(18,27(48)49)40-25(46)23-14-21(16-44(23)26(22)47)45-42-24(41-43-45)17-11-19(31(33,34)35)13-20(12-17)32(36,37)38/h7,9,11-13,18,21-23H,4-6,8,10,14-16H2,1-3H3,(H,39,50)(H,40,46)(H,48,49)/b9-7-/t18-,21-,22+,23-,30-/m0/s1. The lowest BCUT2D eigenvalue weighted by Crippen LogP contribution is -2.56. The number of fused-ring (bicyclic) bond motifs is 2. The van der Waals surface area contributed by atoms with Gasteiger partial charge in [-0.3, -0.25) is 9.59 Å². The molecule has 2 aliphatic heterocycles. The SMILES string of the molecule is CC(C)(C)OC(=O)N[C@@H]1CCCCC/C=C\[C@H]2C[C@]2(C(=O)O)NC(=O)[C@@H]2C[C@H](n3nnc(-c4cc(C(F)(F)F)cc(C(F)(F)F)c4)n3)CN2C1=O. The lowest BCUT2D eigenvalue weighted by molar-refractivity contribution is -0.146. The Hall–Kier alpha value is -4.71. The molecule has 0 radical (unpaired) electrons. The van der Waals surface area contributed by atoms with E-state index in [0.717, 1.165) is 9.70 Å². The smallest absolute Gasteiger partial charge is 0.416 e. The fourth-order valence-electron chi connectivity index (χ4n) is 6.27. The van der Waals surface area contributed by atoms with Crippen molar-refractivity contribution in [1.82, 2.24) is 35.7 Å². The van der Waals surface area contributed by atoms with Gasteiger partial charge in [0.15, 0.2) is 0 Å². The van der Waals surface area contributed by atoms with Crippen LogP contribution < -0.4 is 10.6 Å². The number of hydrogen-bond acceptors (Lipinski definition) is 8. The number of carbonyl (C=O) groups is 4. The Morgan fingerprint density at radius 2 is 1.69 bits per heavy atom. The summed E-state index contributed by atoms with van der Waals surface area (Å²) in [5.74, 6) is -3.85. The fourth-order valence-corrected chi connectivity index (χ4v) is 6.27. The minimum Gasteiger partial charge on any atom is -0.479 e. The van der Waals surface area contributed by atoms with E-state index < -0.39 is 93.9 Å². The van der Waals surface area contributed by atoms with Crippen molar-refractivity contribution in [2.45, 2.75) is 107 Å². The largest absolute Gasteiger partial charge is 0.479 e. The molecule has 0 bridgehead atoms. The van der Waals surface area contributed by atoms with Crippen molar-refractivity contribution in [3.63, 3.8) is 0 Å². The second-order valence-corrected chi connectivity index (χ2v) is 14.0. The first-order valence-electron chi connectivity index (χ1n) is 16.3. The van der Waals surface area contributed by atoms with Crippen LogP contribution in [0.25, 0.3) is 11.4 Å². The number of nitrogens with one attached hydrogen (secondary N) is 2. The maximum absolute atomic E-state index is 14.2. The first-order chi connectivity index (χ1) is 23.7. The lowest BCUT2D eigenvalue weighted by atomic mass is 10.0. The summed E-state index contributed by atoms with van der Waals surface area (Å²) in [7, 11) is 0. The maximum atomic E-state index is 14.2. The first kappa shape index (κ1) is 37.5. The Labute approximate surface area is 287 Å². The third-order valence-electron chi connectivity index (χ3n) is 8.93. The molecule has 5 rings (SSSR count). The van der Waals surface area contributed by atoms with Gasteiger partial charge < -0.3 is 25.4 Å². The number of alkyl carbamates (subject to hydrolysis) is 1. The van der Waals surface area contributed by atoms with Crippen molar-refractivity contribution < 1.29 is 55.4 Å². The Balaban J connectivity index is 1.48. The number of carbonyl (C=O) groups excluding carboxylic acids is 3. The molecule has 3 amide bonds. The molecular weight excluding hydrogens is 692 g/mol. The van der Waals surface area contributed by atoms with E-state index >= 15 is 0 Å². The molecule has 1 aliphatic carbocycles. The summed E-state index contributed by atoms with van der Waals surface area (Å²) in [5, 5.41) is 26.8. The van der Waals surface area contributed by atoms with Crippen LogP contribution in [0.5, 0.6) is 0 Å². The minimum atomic E-state index is -5.12. The predicted molar refractivity (Wildman–Crippen MR) is 164 cm³/mol. The van der Waals surface area contributed by atoms with E-state index in [1.165, 1.54) is 0 Å². The van der Waals surface area contributed by atoms with E-state index in [4.69, 9.17) is 4.74 Å². The lowest BCUT2D eigenvalue weighted by Gasteiger charge is -2.30. The van der Waals surface area contributed by atoms with Gasteiger partial charge in [0.05, 0.1) is 17.2 Å². The molecule has 1 aromatic carbocycles. The zero-order valence-corrected chi connectivity index (χ0v) is 27.8. The summed E-state index contributed by atoms with van der Waals surface area (Å²) in [5.41, 5.74) is -6.30. The number of tetrazole rings is 1. The van der Waals surface area contributed by atoms with Gasteiger partial charge in [-0.05, 0) is 69.9 Å². The van der Waals surface area contributed by atoms with E-state index in [1.54, 1.807) is 26.8 Å². The summed E-state index contributed by atoms with van der Waals surface area (Å²) in [4.78, 5) is 55.1. The van der Waals surface area contributed by atoms with Crippen LogP contribution in [0.4, 0.5) is 31.1 Å². The van der Waals surface area contributed by atoms with Crippen LogP contribution in [0, 0.1) is 5.92 Å². The highest BCUT2D eigenvalue weighted by Gasteiger charge is 2.61. The van der Waals surface area contributed by atoms with Gasteiger partial charge in [0.1, 0.15) is 23.2 Å². The number of allylic oxidation sites excluding steroid dienone is 1. The zero-order valence-electron chi connectivity index (χ0n) is 27.8. The van der Waals surface area contributed by atoms with Gasteiger partial charge in [-0.1, -0.05) is 25.0 Å². The number of carboxylic acids is 1. The molecule has 19 heteroatoms. The maximum Gasteiger partial charge on any atom is 0.416 e. The molecule has 3 N–H and O–H groups in total. The molecule has 51 heavy (non-hydrogen) atoms. The summed E-state index contributed by atoms with van der Waals surface area (Å²) >= 11 is 0. The van der Waals surface area contributed by atoms with Crippen molar-refractivity contribution in [1.29, 1.82) is 0 Å². The number of hydrogen-bond donors (Lipinski definition) is 3. The zero-order chi connectivity index (χ0) is 37.5. The summed E-state index contributed by atoms with van der Waals surface area (Å²) < 4.78 is 86.4. The van der Waals surface area contributed by atoms with Crippen molar-refractivity contribution in [3.8, 4) is 11.4 Å². The number of alkyl halides is 6. The number of nitrogens with zero attached hydrogens (tertiary/aromatic N) is 5. The van der Waals surface area contributed by atoms with Gasteiger partial charge in [-0.15, -0.1) is 10.2 Å². The van der Waals surface area contributed by atoms with E-state index in [-0.39, 0.29) is 31.9 Å². The fraction of sp³-hybridized carbons (Fsp3) is 0.594. The molecule has 1 saturated carbocycles. The Morgan fingerprint density at radius 1 is 1.02 bits per heavy atom. The van der Waals surface area contributed by atoms with Crippen LogP contribution in [-0.2, 0) is 31.5 Å². The molecule has 3 aliphatic rings. The molecule has 0 unspecified atom stereocenters. The highest BCUT2D eigenvalue weighted by atomic mass is 19.4. The van der Waals surface area contributed by atoms with Gasteiger partial charge >= 0.3 is 24.4 Å². The summed E-state index contributed by atoms with van der Waals surface area (Å²) in [6, 6.07) is -2.60. The second-order valence-electron chi connectivity index (χ2n) is 14.0. The molecule has 278 valence electrons. The monoisotopic (exact) mass is 729 g/mol. The number of benzene rings is 1. The molecule has 3 heterocycles. The van der Waals surface area contributed by atoms with Crippen LogP contribution in [0.15, 0.2) is 30.4 Å². The highest BCUT2D eigenvalue weighted by molar-refractivity contribution is 5.96. The topological polar surface area (TPSA) is 169 Å². The van der Waals surface area contributed by atoms with Gasteiger partial charge in [-0.25, -0.2) is 9.59 Å². The highest BCUT2D eigenvalue weighted by Crippen LogP contribution is 2.46. The first-order valence-corrected chi connectivity index (χ1v) is 16.3. The molecule has 1 aromatic heterocycles. The minimum absolute atomic E-state index is 0.0355. The number of aromatic nitrogens is 4. The third kappa shape index (κ3) is 8.61. The van der Waals surface area contributed by atoms with Crippen molar-refractivity contribution in [3.05, 3.63) is 41.5 Å². The van der Waals surface area contributed by atoms with Crippen molar-refractivity contribution in [2.24, 2.45) is 5.92 Å². The molecule has 0 spiro atoms. The quantitative estimate of drug-likeness (QED) is 0.293. The number of aliphatic carboxylic acids is 1. The molecule has 2 aromatic rings. The van der Waals surface area contributed by atoms with Crippen LogP contribution in [0.1, 0.15) is 82.9 Å². The van der Waals surface area contributed by atoms with Crippen LogP contribution in [0.3, 0.4) is 0 Å². The Morgan fingerprint density at radius 3 is 2.29 bits per heavy atom. The normalized spacial score (nSPS) is 27.0. The number of rotatable bonds is 4. The third-order valence-corrected chi connectivity index (χ3v) is 8.93. The predicted octanol–water partition coefficient (Wildman–Crippen LogP) is 4.89. The Kier molecular flexibility index (Phi) is 10.1. The average Bonchev–Trinajstić information content (AvgIpc) is 3.33. The van der Waals surface area contributed by atoms with Crippen LogP contribution >= 0.6 is 0 Å². The number of ether oxygens (including phenoxy) is 1. The van der Waals surface area contributed by atoms with Crippen LogP contribution in [0.2, 0.25) is 0 Å². The van der Waals surface area contributed by atoms with E-state index in [9.17, 15) is 50.6 Å². The van der Waals surface area contributed by atoms with E-state index in [2.05, 4.69) is 26.0 Å². The molecule has 2 fully saturated rings. The summed E-state index contributed by atoms with van der Waals surface area (Å²) in [6.45, 7) is 4.61. The van der Waals surface area contributed by atoms with E-state index in [0.29, 0.717) is 37.8 Å².